The van der Waals surface area contributed by atoms with Crippen LogP contribution >= 0.6 is 0 Å². The van der Waals surface area contributed by atoms with Crippen molar-refractivity contribution in [2.75, 3.05) is 0 Å². The molecule has 18 heavy (non-hydrogen) atoms. The molecule has 0 heterocycles. The van der Waals surface area contributed by atoms with E-state index in [1.54, 1.807) is 0 Å². The molecule has 0 aromatic carbocycles. The summed E-state index contributed by atoms with van der Waals surface area (Å²) in [5, 5.41) is 0. The molecule has 0 nitrogen and oxygen atoms in total. The SMILES string of the molecule is C=CC=CCCCCCCCCCCC=CCC. The third-order valence-corrected chi connectivity index (χ3v) is 3.17. The molecule has 104 valence electrons. The second-order valence-corrected chi connectivity index (χ2v) is 4.95. The Balaban J connectivity index is 3.00. The molecule has 0 fully saturated rings. The third kappa shape index (κ3) is 15.2. The van der Waals surface area contributed by atoms with Crippen molar-refractivity contribution in [2.24, 2.45) is 0 Å². The lowest BCUT2D eigenvalue weighted by Gasteiger charge is -2.00. The largest absolute Gasteiger partial charge is 0.0991 e. The van der Waals surface area contributed by atoms with Gasteiger partial charge in [0, 0.05) is 0 Å². The van der Waals surface area contributed by atoms with Gasteiger partial charge in [-0.3, -0.25) is 0 Å². The molecular formula is C18H32. The van der Waals surface area contributed by atoms with Crippen molar-refractivity contribution in [3.8, 4) is 0 Å². The lowest BCUT2D eigenvalue weighted by Crippen LogP contribution is -1.81. The number of allylic oxidation sites excluding steroid dienone is 5. The van der Waals surface area contributed by atoms with Gasteiger partial charge in [0.05, 0.1) is 0 Å². The predicted octanol–water partition coefficient (Wildman–Crippen LogP) is 6.60. The fourth-order valence-electron chi connectivity index (χ4n) is 2.06. The molecule has 0 unspecified atom stereocenters. The van der Waals surface area contributed by atoms with E-state index >= 15 is 0 Å². The van der Waals surface area contributed by atoms with E-state index in [2.05, 4.69) is 31.7 Å². The van der Waals surface area contributed by atoms with Crippen LogP contribution < -0.4 is 0 Å². The van der Waals surface area contributed by atoms with E-state index in [4.69, 9.17) is 0 Å². The van der Waals surface area contributed by atoms with Crippen molar-refractivity contribution in [1.82, 2.24) is 0 Å². The average molecular weight is 248 g/mol. The fraction of sp³-hybridized carbons (Fsp3) is 0.667. The Morgan fingerprint density at radius 1 is 0.667 bits per heavy atom. The smallest absolute Gasteiger partial charge is 0.0348 e. The molecule has 0 saturated carbocycles. The maximum absolute atomic E-state index is 3.67. The molecule has 0 bridgehead atoms. The van der Waals surface area contributed by atoms with Gasteiger partial charge in [-0.05, 0) is 32.1 Å². The summed E-state index contributed by atoms with van der Waals surface area (Å²) in [5.41, 5.74) is 0. The Hall–Kier alpha value is -0.780. The highest BCUT2D eigenvalue weighted by Crippen LogP contribution is 2.11. The van der Waals surface area contributed by atoms with Crippen molar-refractivity contribution in [3.63, 3.8) is 0 Å². The van der Waals surface area contributed by atoms with Crippen LogP contribution in [0.2, 0.25) is 0 Å². The Labute approximate surface area is 115 Å². The molecule has 0 aliphatic heterocycles. The van der Waals surface area contributed by atoms with E-state index in [1.165, 1.54) is 70.6 Å². The minimum absolute atomic E-state index is 1.18. The Morgan fingerprint density at radius 2 is 1.17 bits per heavy atom. The van der Waals surface area contributed by atoms with Gasteiger partial charge in [0.25, 0.3) is 0 Å². The molecular weight excluding hydrogens is 216 g/mol. The summed E-state index contributed by atoms with van der Waals surface area (Å²) in [6.45, 7) is 5.87. The first kappa shape index (κ1) is 17.2. The lowest BCUT2D eigenvalue weighted by atomic mass is 10.1. The summed E-state index contributed by atoms with van der Waals surface area (Å²) in [4.78, 5) is 0. The molecule has 0 aliphatic rings. The third-order valence-electron chi connectivity index (χ3n) is 3.17. The highest BCUT2D eigenvalue weighted by molar-refractivity contribution is 4.96. The molecule has 0 spiro atoms. The van der Waals surface area contributed by atoms with Crippen LogP contribution in [0, 0.1) is 0 Å². The summed E-state index contributed by atoms with van der Waals surface area (Å²) in [5.74, 6) is 0. The van der Waals surface area contributed by atoms with Gasteiger partial charge in [0.15, 0.2) is 0 Å². The van der Waals surface area contributed by atoms with Gasteiger partial charge in [-0.1, -0.05) is 82.4 Å². The molecule has 0 heteroatoms. The second kappa shape index (κ2) is 16.2. The fourth-order valence-corrected chi connectivity index (χ4v) is 2.06. The van der Waals surface area contributed by atoms with Gasteiger partial charge in [0.2, 0.25) is 0 Å². The van der Waals surface area contributed by atoms with Crippen LogP contribution in [0.3, 0.4) is 0 Å². The topological polar surface area (TPSA) is 0 Å². The predicted molar refractivity (Wildman–Crippen MR) is 84.9 cm³/mol. The van der Waals surface area contributed by atoms with Crippen LogP contribution in [-0.2, 0) is 0 Å². The zero-order chi connectivity index (χ0) is 13.3. The van der Waals surface area contributed by atoms with Crippen LogP contribution in [0.25, 0.3) is 0 Å². The summed E-state index contributed by atoms with van der Waals surface area (Å²) in [7, 11) is 0. The van der Waals surface area contributed by atoms with Crippen LogP contribution in [-0.4, -0.2) is 0 Å². The van der Waals surface area contributed by atoms with Gasteiger partial charge in [-0.25, -0.2) is 0 Å². The van der Waals surface area contributed by atoms with Crippen molar-refractivity contribution < 1.29 is 0 Å². The maximum Gasteiger partial charge on any atom is -0.0348 e. The van der Waals surface area contributed by atoms with Gasteiger partial charge < -0.3 is 0 Å². The van der Waals surface area contributed by atoms with E-state index in [-0.39, 0.29) is 0 Å². The Bertz CT molecular complexity index is 210. The molecule has 0 radical (unpaired) electrons. The van der Waals surface area contributed by atoms with Crippen molar-refractivity contribution in [1.29, 1.82) is 0 Å². The van der Waals surface area contributed by atoms with Crippen LogP contribution in [0.5, 0.6) is 0 Å². The number of unbranched alkanes of at least 4 members (excludes halogenated alkanes) is 9. The molecule has 0 aromatic rings. The van der Waals surface area contributed by atoms with E-state index in [1.807, 2.05) is 12.2 Å². The monoisotopic (exact) mass is 248 g/mol. The molecule has 0 aliphatic carbocycles. The zero-order valence-electron chi connectivity index (χ0n) is 12.4. The first-order valence-corrected chi connectivity index (χ1v) is 7.84. The van der Waals surface area contributed by atoms with Gasteiger partial charge in [-0.2, -0.15) is 0 Å². The first-order valence-electron chi connectivity index (χ1n) is 7.84. The van der Waals surface area contributed by atoms with Crippen molar-refractivity contribution in [3.05, 3.63) is 37.0 Å². The normalized spacial score (nSPS) is 11.6. The minimum Gasteiger partial charge on any atom is -0.0991 e. The second-order valence-electron chi connectivity index (χ2n) is 4.95. The minimum atomic E-state index is 1.18. The highest BCUT2D eigenvalue weighted by Gasteiger charge is 1.91. The molecule has 0 atom stereocenters. The van der Waals surface area contributed by atoms with Crippen molar-refractivity contribution in [2.45, 2.75) is 77.6 Å². The first-order chi connectivity index (χ1) is 8.91. The molecule has 0 rings (SSSR count). The van der Waals surface area contributed by atoms with Gasteiger partial charge in [-0.15, -0.1) is 0 Å². The van der Waals surface area contributed by atoms with Gasteiger partial charge in [0.1, 0.15) is 0 Å². The summed E-state index contributed by atoms with van der Waals surface area (Å²) in [6, 6.07) is 0. The van der Waals surface area contributed by atoms with Crippen LogP contribution in [0.4, 0.5) is 0 Å². The lowest BCUT2D eigenvalue weighted by molar-refractivity contribution is 0.571. The number of rotatable bonds is 13. The highest BCUT2D eigenvalue weighted by atomic mass is 14.0. The zero-order valence-corrected chi connectivity index (χ0v) is 12.4. The summed E-state index contributed by atoms with van der Waals surface area (Å²) in [6.07, 6.45) is 25.6. The van der Waals surface area contributed by atoms with Crippen LogP contribution in [0.1, 0.15) is 77.6 Å². The summed E-state index contributed by atoms with van der Waals surface area (Å²) >= 11 is 0. The Morgan fingerprint density at radius 3 is 1.67 bits per heavy atom. The molecule has 0 N–H and O–H groups in total. The van der Waals surface area contributed by atoms with E-state index < -0.39 is 0 Å². The van der Waals surface area contributed by atoms with Crippen LogP contribution in [0.15, 0.2) is 37.0 Å². The van der Waals surface area contributed by atoms with Gasteiger partial charge >= 0.3 is 0 Å². The van der Waals surface area contributed by atoms with E-state index in [0.29, 0.717) is 0 Å². The Kier molecular flexibility index (Phi) is 15.5. The molecule has 0 amide bonds. The molecule has 0 saturated heterocycles. The number of hydrogen-bond donors (Lipinski definition) is 0. The summed E-state index contributed by atoms with van der Waals surface area (Å²) < 4.78 is 0. The standard InChI is InChI=1S/C18H32/c1-3-5-7-9-11-13-15-17-18-16-14-12-10-8-6-4-2/h3,5-8H,1,4,9-18H2,2H3. The van der Waals surface area contributed by atoms with Crippen molar-refractivity contribution >= 4 is 0 Å². The molecule has 0 aromatic heterocycles. The average Bonchev–Trinajstić information content (AvgIpc) is 2.39. The maximum atomic E-state index is 3.67. The number of hydrogen-bond acceptors (Lipinski definition) is 0. The van der Waals surface area contributed by atoms with E-state index in [0.717, 1.165) is 0 Å². The van der Waals surface area contributed by atoms with E-state index in [9.17, 15) is 0 Å². The quantitative estimate of drug-likeness (QED) is 0.196.